The number of rotatable bonds is 9. The summed E-state index contributed by atoms with van der Waals surface area (Å²) in [6.45, 7) is 0. The second-order valence-electron chi connectivity index (χ2n) is 18.0. The van der Waals surface area contributed by atoms with E-state index in [0.29, 0.717) is 0 Å². The summed E-state index contributed by atoms with van der Waals surface area (Å²) in [4.78, 5) is 2.43. The Labute approximate surface area is 402 Å². The van der Waals surface area contributed by atoms with Gasteiger partial charge < -0.3 is 9.32 Å². The minimum Gasteiger partial charge on any atom is -0.454 e. The van der Waals surface area contributed by atoms with Crippen LogP contribution in [-0.2, 0) is 5.41 Å². The van der Waals surface area contributed by atoms with Crippen molar-refractivity contribution in [2.24, 2.45) is 0 Å². The Morgan fingerprint density at radius 3 is 1.36 bits per heavy atom. The van der Waals surface area contributed by atoms with E-state index in [1.807, 2.05) is 6.07 Å². The van der Waals surface area contributed by atoms with Gasteiger partial charge in [-0.25, -0.2) is 0 Å². The summed E-state index contributed by atoms with van der Waals surface area (Å²) in [5.41, 5.74) is 20.9. The van der Waals surface area contributed by atoms with E-state index in [0.717, 1.165) is 50.1 Å². The number of nitrogens with zero attached hydrogens (tertiary/aromatic N) is 1. The minimum atomic E-state index is -0.657. The molecule has 0 fully saturated rings. The van der Waals surface area contributed by atoms with E-state index in [2.05, 4.69) is 272 Å². The van der Waals surface area contributed by atoms with Crippen LogP contribution in [0.3, 0.4) is 0 Å². The largest absolute Gasteiger partial charge is 0.454 e. The van der Waals surface area contributed by atoms with Gasteiger partial charge in [-0.1, -0.05) is 243 Å². The molecule has 69 heavy (non-hydrogen) atoms. The summed E-state index contributed by atoms with van der Waals surface area (Å²) in [5, 5.41) is 2.18. The van der Waals surface area contributed by atoms with Crippen molar-refractivity contribution in [2.45, 2.75) is 5.41 Å². The van der Waals surface area contributed by atoms with Gasteiger partial charge in [0.1, 0.15) is 5.58 Å². The smallest absolute Gasteiger partial charge is 0.159 e. The third kappa shape index (κ3) is 6.72. The quantitative estimate of drug-likeness (QED) is 0.144. The molecule has 324 valence electrons. The summed E-state index contributed by atoms with van der Waals surface area (Å²) in [5.74, 6) is 0. The maximum atomic E-state index is 6.89. The van der Waals surface area contributed by atoms with Crippen LogP contribution < -0.4 is 4.90 Å². The minimum absolute atomic E-state index is 0.657. The molecule has 1 aliphatic rings. The van der Waals surface area contributed by atoms with Crippen molar-refractivity contribution in [3.8, 4) is 55.6 Å². The van der Waals surface area contributed by atoms with Gasteiger partial charge >= 0.3 is 0 Å². The molecule has 0 spiro atoms. The zero-order valence-corrected chi connectivity index (χ0v) is 37.8. The van der Waals surface area contributed by atoms with Crippen LogP contribution in [0.2, 0.25) is 0 Å². The molecular formula is C67H45NO. The Hall–Kier alpha value is -8.98. The van der Waals surface area contributed by atoms with Gasteiger partial charge in [-0.05, 0) is 103 Å². The Morgan fingerprint density at radius 2 is 0.739 bits per heavy atom. The molecule has 12 aromatic rings. The van der Waals surface area contributed by atoms with Crippen LogP contribution in [0.4, 0.5) is 17.1 Å². The van der Waals surface area contributed by atoms with Gasteiger partial charge in [0, 0.05) is 22.0 Å². The number of hydrogen-bond acceptors (Lipinski definition) is 2. The molecule has 0 amide bonds. The lowest BCUT2D eigenvalue weighted by molar-refractivity contribution is 0.669. The van der Waals surface area contributed by atoms with Gasteiger partial charge in [0.05, 0.1) is 16.8 Å². The highest BCUT2D eigenvalue weighted by Crippen LogP contribution is 2.58. The van der Waals surface area contributed by atoms with Crippen LogP contribution in [0.15, 0.2) is 277 Å². The molecule has 0 N–H and O–H groups in total. The summed E-state index contributed by atoms with van der Waals surface area (Å²) in [7, 11) is 0. The number of furan rings is 1. The van der Waals surface area contributed by atoms with Crippen molar-refractivity contribution in [3.05, 3.63) is 295 Å². The monoisotopic (exact) mass is 879 g/mol. The standard InChI is InChI=1S/C67H45NO/c1-4-17-46(18-5-1)49-31-33-52(34-32-49)56-23-11-14-28-63(56)68(64-29-16-26-60-59-25-12-15-30-65(59)69-66(60)64)55-43-44-58-57-24-10-13-27-61(57)67(62(58)45-55,53-39-35-50(36-40-53)47-19-6-2-7-20-47)54-41-37-51(38-42-54)48-21-8-3-9-22-48/h1-45H. The molecule has 0 atom stereocenters. The van der Waals surface area contributed by atoms with Crippen molar-refractivity contribution in [2.75, 3.05) is 4.90 Å². The molecule has 13 rings (SSSR count). The first kappa shape index (κ1) is 40.3. The Bertz CT molecular complexity index is 3710. The average Bonchev–Trinajstić information content (AvgIpc) is 3.96. The molecule has 1 aromatic heterocycles. The van der Waals surface area contributed by atoms with E-state index in [1.165, 1.54) is 66.8 Å². The van der Waals surface area contributed by atoms with Crippen LogP contribution in [0, 0.1) is 0 Å². The lowest BCUT2D eigenvalue weighted by atomic mass is 9.67. The van der Waals surface area contributed by atoms with Gasteiger partial charge in [-0.2, -0.15) is 0 Å². The first-order valence-corrected chi connectivity index (χ1v) is 23.7. The van der Waals surface area contributed by atoms with Crippen molar-refractivity contribution in [1.82, 2.24) is 0 Å². The molecule has 0 saturated heterocycles. The van der Waals surface area contributed by atoms with Gasteiger partial charge in [0.2, 0.25) is 0 Å². The van der Waals surface area contributed by atoms with Crippen molar-refractivity contribution < 1.29 is 4.42 Å². The number of hydrogen-bond donors (Lipinski definition) is 0. The van der Waals surface area contributed by atoms with Crippen LogP contribution in [-0.4, -0.2) is 0 Å². The molecule has 1 aliphatic carbocycles. The first-order valence-electron chi connectivity index (χ1n) is 23.7. The molecule has 2 nitrogen and oxygen atoms in total. The predicted molar refractivity (Wildman–Crippen MR) is 287 cm³/mol. The zero-order chi connectivity index (χ0) is 45.7. The fourth-order valence-corrected chi connectivity index (χ4v) is 11.0. The van der Waals surface area contributed by atoms with Gasteiger partial charge in [-0.3, -0.25) is 0 Å². The number of para-hydroxylation sites is 3. The third-order valence-corrected chi connectivity index (χ3v) is 14.2. The lowest BCUT2D eigenvalue weighted by Crippen LogP contribution is -2.29. The average molecular weight is 880 g/mol. The molecule has 11 aromatic carbocycles. The maximum absolute atomic E-state index is 6.89. The van der Waals surface area contributed by atoms with Crippen molar-refractivity contribution in [3.63, 3.8) is 0 Å². The van der Waals surface area contributed by atoms with Crippen molar-refractivity contribution in [1.29, 1.82) is 0 Å². The third-order valence-electron chi connectivity index (χ3n) is 14.2. The maximum Gasteiger partial charge on any atom is 0.159 e. The van der Waals surface area contributed by atoms with E-state index in [-0.39, 0.29) is 0 Å². The summed E-state index contributed by atoms with van der Waals surface area (Å²) >= 11 is 0. The van der Waals surface area contributed by atoms with E-state index in [4.69, 9.17) is 4.42 Å². The fourth-order valence-electron chi connectivity index (χ4n) is 11.0. The van der Waals surface area contributed by atoms with Crippen LogP contribution in [0.1, 0.15) is 22.3 Å². The molecule has 0 saturated carbocycles. The Morgan fingerprint density at radius 1 is 0.290 bits per heavy atom. The first-order chi connectivity index (χ1) is 34.2. The van der Waals surface area contributed by atoms with E-state index in [1.54, 1.807) is 0 Å². The fraction of sp³-hybridized carbons (Fsp3) is 0.0149. The molecule has 0 unspecified atom stereocenters. The van der Waals surface area contributed by atoms with Crippen LogP contribution in [0.5, 0.6) is 0 Å². The highest BCUT2D eigenvalue weighted by atomic mass is 16.3. The van der Waals surface area contributed by atoms with E-state index >= 15 is 0 Å². The number of anilines is 3. The van der Waals surface area contributed by atoms with Crippen LogP contribution >= 0.6 is 0 Å². The van der Waals surface area contributed by atoms with Crippen molar-refractivity contribution >= 4 is 39.0 Å². The molecule has 0 bridgehead atoms. The normalized spacial score (nSPS) is 12.5. The zero-order valence-electron chi connectivity index (χ0n) is 37.8. The number of fused-ring (bicyclic) bond motifs is 6. The molecule has 0 aliphatic heterocycles. The summed E-state index contributed by atoms with van der Waals surface area (Å²) in [6.07, 6.45) is 0. The van der Waals surface area contributed by atoms with E-state index < -0.39 is 5.41 Å². The second-order valence-corrected chi connectivity index (χ2v) is 18.0. The Balaban J connectivity index is 1.06. The highest BCUT2D eigenvalue weighted by molar-refractivity contribution is 6.11. The number of benzene rings is 11. The van der Waals surface area contributed by atoms with E-state index in [9.17, 15) is 0 Å². The Kier molecular flexibility index (Phi) is 9.77. The highest BCUT2D eigenvalue weighted by Gasteiger charge is 2.46. The molecule has 2 heteroatoms. The molecule has 1 heterocycles. The SMILES string of the molecule is c1ccc(-c2ccc(-c3ccccc3N(c3ccc4c(c3)C(c3ccc(-c5ccccc5)cc3)(c3ccc(-c5ccccc5)cc3)c3ccccc3-4)c3cccc4c3oc3ccccc34)cc2)cc1. The molecule has 0 radical (unpaired) electrons. The van der Waals surface area contributed by atoms with Gasteiger partial charge in [0.25, 0.3) is 0 Å². The summed E-state index contributed by atoms with van der Waals surface area (Å²) in [6, 6.07) is 99.4. The topological polar surface area (TPSA) is 16.4 Å². The second kappa shape index (κ2) is 16.7. The van der Waals surface area contributed by atoms with Gasteiger partial charge in [0.15, 0.2) is 5.58 Å². The van der Waals surface area contributed by atoms with Crippen LogP contribution in [0.25, 0.3) is 77.6 Å². The van der Waals surface area contributed by atoms with Gasteiger partial charge in [-0.15, -0.1) is 0 Å². The predicted octanol–water partition coefficient (Wildman–Crippen LogP) is 18.1. The lowest BCUT2D eigenvalue weighted by Gasteiger charge is -2.35. The molecular weight excluding hydrogens is 835 g/mol. The summed E-state index contributed by atoms with van der Waals surface area (Å²) < 4.78 is 6.89.